The molecule has 1 saturated heterocycles. The Balaban J connectivity index is 2.21. The molecule has 1 aliphatic heterocycles. The van der Waals surface area contributed by atoms with Crippen LogP contribution in [-0.2, 0) is 44.7 Å². The van der Waals surface area contributed by atoms with Crippen molar-refractivity contribution in [2.75, 3.05) is 13.7 Å². The predicted molar refractivity (Wildman–Crippen MR) is 100 cm³/mol. The minimum atomic E-state index is -1.53. The summed E-state index contributed by atoms with van der Waals surface area (Å²) >= 11 is 0. The smallest absolute Gasteiger partial charge is 0.303 e. The Morgan fingerprint density at radius 2 is 1.53 bits per heavy atom. The van der Waals surface area contributed by atoms with Crippen LogP contribution < -0.4 is 4.74 Å². The van der Waals surface area contributed by atoms with Gasteiger partial charge in [0.1, 0.15) is 24.6 Å². The van der Waals surface area contributed by atoms with Gasteiger partial charge in [-0.05, 0) is 17.7 Å². The highest BCUT2D eigenvalue weighted by Gasteiger charge is 2.50. The maximum absolute atomic E-state index is 11.7. The second-order valence-corrected chi connectivity index (χ2v) is 6.64. The van der Waals surface area contributed by atoms with Gasteiger partial charge in [-0.2, -0.15) is 0 Å². The molecular formula is C20H26O10. The number of hydrogen-bond donors (Lipinski definition) is 1. The number of rotatable bonds is 8. The minimum absolute atomic E-state index is 0.0499. The van der Waals surface area contributed by atoms with E-state index < -0.39 is 48.6 Å². The molecule has 0 bridgehead atoms. The van der Waals surface area contributed by atoms with E-state index in [-0.39, 0.29) is 13.2 Å². The molecule has 1 aromatic rings. The quantitative estimate of drug-likeness (QED) is 0.469. The van der Waals surface area contributed by atoms with Crippen LogP contribution in [0.25, 0.3) is 0 Å². The molecular weight excluding hydrogens is 400 g/mol. The van der Waals surface area contributed by atoms with Crippen LogP contribution in [-0.4, -0.2) is 67.4 Å². The van der Waals surface area contributed by atoms with E-state index in [0.29, 0.717) is 5.75 Å². The van der Waals surface area contributed by atoms with Crippen LogP contribution in [0.3, 0.4) is 0 Å². The lowest BCUT2D eigenvalue weighted by Crippen LogP contribution is -2.62. The van der Waals surface area contributed by atoms with E-state index in [1.54, 1.807) is 31.4 Å². The normalized spacial score (nSPS) is 25.8. The average molecular weight is 426 g/mol. The van der Waals surface area contributed by atoms with Crippen molar-refractivity contribution in [2.45, 2.75) is 58.1 Å². The Kier molecular flexibility index (Phi) is 8.58. The fourth-order valence-electron chi connectivity index (χ4n) is 2.98. The number of aliphatic hydroxyl groups is 1. The molecule has 0 spiro atoms. The Hall–Kier alpha value is -2.69. The molecule has 1 N–H and O–H groups in total. The van der Waals surface area contributed by atoms with Gasteiger partial charge in [-0.1, -0.05) is 12.1 Å². The molecule has 0 radical (unpaired) electrons. The molecule has 0 unspecified atom stereocenters. The van der Waals surface area contributed by atoms with E-state index in [4.69, 9.17) is 28.4 Å². The SMILES string of the molecule is COc1ccc(CO[C@@H]2[C@@H](OC(C)=O)[C@@H](OC(C)=O)[C@@H](COC(C)=O)O[C@H]2O)cc1. The molecule has 166 valence electrons. The Bertz CT molecular complexity index is 732. The molecule has 0 amide bonds. The molecule has 2 rings (SSSR count). The van der Waals surface area contributed by atoms with E-state index in [0.717, 1.165) is 5.56 Å². The van der Waals surface area contributed by atoms with Crippen molar-refractivity contribution >= 4 is 17.9 Å². The molecule has 0 aliphatic carbocycles. The van der Waals surface area contributed by atoms with E-state index >= 15 is 0 Å². The summed E-state index contributed by atoms with van der Waals surface area (Å²) in [6.07, 6.45) is -6.09. The highest BCUT2D eigenvalue weighted by Crippen LogP contribution is 2.29. The van der Waals surface area contributed by atoms with Crippen LogP contribution >= 0.6 is 0 Å². The number of ether oxygens (including phenoxy) is 6. The van der Waals surface area contributed by atoms with Crippen LogP contribution in [0.2, 0.25) is 0 Å². The lowest BCUT2D eigenvalue weighted by atomic mass is 9.98. The monoisotopic (exact) mass is 426 g/mol. The maximum atomic E-state index is 11.7. The molecule has 1 fully saturated rings. The van der Waals surface area contributed by atoms with Gasteiger partial charge in [-0.25, -0.2) is 0 Å². The fourth-order valence-corrected chi connectivity index (χ4v) is 2.98. The van der Waals surface area contributed by atoms with Gasteiger partial charge in [0, 0.05) is 20.8 Å². The summed E-state index contributed by atoms with van der Waals surface area (Å²) in [5.74, 6) is -1.26. The van der Waals surface area contributed by atoms with E-state index in [9.17, 15) is 19.5 Å². The molecule has 1 aromatic carbocycles. The summed E-state index contributed by atoms with van der Waals surface area (Å²) in [6, 6.07) is 7.02. The van der Waals surface area contributed by atoms with E-state index in [1.165, 1.54) is 20.8 Å². The van der Waals surface area contributed by atoms with Crippen LogP contribution in [0.15, 0.2) is 24.3 Å². The minimum Gasteiger partial charge on any atom is -0.497 e. The zero-order valence-corrected chi connectivity index (χ0v) is 17.2. The van der Waals surface area contributed by atoms with Gasteiger partial charge in [0.2, 0.25) is 0 Å². The van der Waals surface area contributed by atoms with Gasteiger partial charge in [-0.15, -0.1) is 0 Å². The lowest BCUT2D eigenvalue weighted by Gasteiger charge is -2.43. The summed E-state index contributed by atoms with van der Waals surface area (Å²) in [6.45, 7) is 3.28. The van der Waals surface area contributed by atoms with Crippen molar-refractivity contribution in [3.63, 3.8) is 0 Å². The molecule has 1 aliphatic rings. The van der Waals surface area contributed by atoms with Gasteiger partial charge in [0.05, 0.1) is 13.7 Å². The van der Waals surface area contributed by atoms with Crippen molar-refractivity contribution in [3.8, 4) is 5.75 Å². The van der Waals surface area contributed by atoms with Gasteiger partial charge >= 0.3 is 17.9 Å². The third kappa shape index (κ3) is 6.68. The Morgan fingerprint density at radius 1 is 0.933 bits per heavy atom. The van der Waals surface area contributed by atoms with Crippen molar-refractivity contribution in [1.82, 2.24) is 0 Å². The number of carbonyl (C=O) groups is 3. The van der Waals surface area contributed by atoms with Crippen LogP contribution in [0.1, 0.15) is 26.3 Å². The van der Waals surface area contributed by atoms with Crippen LogP contribution in [0.4, 0.5) is 0 Å². The van der Waals surface area contributed by atoms with Gasteiger partial charge < -0.3 is 33.5 Å². The third-order valence-electron chi connectivity index (χ3n) is 4.27. The summed E-state index contributed by atoms with van der Waals surface area (Å²) in [7, 11) is 1.55. The number of carbonyl (C=O) groups excluding carboxylic acids is 3. The Morgan fingerprint density at radius 3 is 2.07 bits per heavy atom. The van der Waals surface area contributed by atoms with Gasteiger partial charge in [-0.3, -0.25) is 14.4 Å². The number of methoxy groups -OCH3 is 1. The lowest BCUT2D eigenvalue weighted by molar-refractivity contribution is -0.303. The van der Waals surface area contributed by atoms with Crippen LogP contribution in [0, 0.1) is 0 Å². The van der Waals surface area contributed by atoms with Gasteiger partial charge in [0.15, 0.2) is 18.5 Å². The first-order valence-corrected chi connectivity index (χ1v) is 9.27. The first-order valence-electron chi connectivity index (χ1n) is 9.27. The molecule has 10 heteroatoms. The second-order valence-electron chi connectivity index (χ2n) is 6.64. The standard InChI is InChI=1S/C20H26O10/c1-11(21)26-10-16-17(28-12(2)22)18(29-13(3)23)19(20(24)30-16)27-9-14-5-7-15(25-4)8-6-14/h5-8,16-20,24H,9-10H2,1-4H3/t16-,17+,18+,19-,20-/m1/s1. The maximum Gasteiger partial charge on any atom is 0.303 e. The molecule has 5 atom stereocenters. The second kappa shape index (κ2) is 10.9. The number of esters is 3. The Labute approximate surface area is 173 Å². The van der Waals surface area contributed by atoms with E-state index in [1.807, 2.05) is 0 Å². The molecule has 10 nitrogen and oxygen atoms in total. The third-order valence-corrected chi connectivity index (χ3v) is 4.27. The van der Waals surface area contributed by atoms with E-state index in [2.05, 4.69) is 0 Å². The molecule has 30 heavy (non-hydrogen) atoms. The molecule has 0 aromatic heterocycles. The van der Waals surface area contributed by atoms with Crippen molar-refractivity contribution in [1.29, 1.82) is 0 Å². The topological polar surface area (TPSA) is 127 Å². The summed E-state index contributed by atoms with van der Waals surface area (Å²) < 4.78 is 31.8. The first-order chi connectivity index (χ1) is 14.2. The highest BCUT2D eigenvalue weighted by atomic mass is 16.7. The summed E-state index contributed by atoms with van der Waals surface area (Å²) in [5.41, 5.74) is 0.760. The first kappa shape index (κ1) is 23.6. The number of benzene rings is 1. The zero-order valence-electron chi connectivity index (χ0n) is 17.2. The van der Waals surface area contributed by atoms with Crippen LogP contribution in [0.5, 0.6) is 5.75 Å². The fraction of sp³-hybridized carbons (Fsp3) is 0.550. The number of aliphatic hydroxyl groups excluding tert-OH is 1. The average Bonchev–Trinajstić information content (AvgIpc) is 2.68. The summed E-state index contributed by atoms with van der Waals surface area (Å²) in [5, 5.41) is 10.5. The van der Waals surface area contributed by atoms with Crippen molar-refractivity contribution in [2.24, 2.45) is 0 Å². The molecule has 1 heterocycles. The van der Waals surface area contributed by atoms with Gasteiger partial charge in [0.25, 0.3) is 0 Å². The largest absolute Gasteiger partial charge is 0.497 e. The predicted octanol–water partition coefficient (Wildman–Crippen LogP) is 0.724. The highest BCUT2D eigenvalue weighted by molar-refractivity contribution is 5.67. The zero-order chi connectivity index (χ0) is 22.3. The van der Waals surface area contributed by atoms with Crippen molar-refractivity contribution in [3.05, 3.63) is 29.8 Å². The molecule has 0 saturated carbocycles. The summed E-state index contributed by atoms with van der Waals surface area (Å²) in [4.78, 5) is 34.4. The van der Waals surface area contributed by atoms with Crippen molar-refractivity contribution < 1.29 is 47.9 Å². The number of hydrogen-bond acceptors (Lipinski definition) is 10.